The van der Waals surface area contributed by atoms with Crippen molar-refractivity contribution in [1.82, 2.24) is 5.32 Å². The summed E-state index contributed by atoms with van der Waals surface area (Å²) in [6, 6.07) is 6.25. The van der Waals surface area contributed by atoms with Gasteiger partial charge in [0, 0.05) is 18.7 Å². The summed E-state index contributed by atoms with van der Waals surface area (Å²) < 4.78 is 12.9. The van der Waals surface area contributed by atoms with E-state index in [0.29, 0.717) is 10.8 Å². The van der Waals surface area contributed by atoms with Crippen LogP contribution in [-0.2, 0) is 0 Å². The van der Waals surface area contributed by atoms with E-state index in [1.54, 1.807) is 12.1 Å². The summed E-state index contributed by atoms with van der Waals surface area (Å²) in [5, 5.41) is 6.57. The zero-order chi connectivity index (χ0) is 12.7. The van der Waals surface area contributed by atoms with Gasteiger partial charge in [0.25, 0.3) is 0 Å². The number of quaternary nitrogens is 1. The molecule has 1 rings (SSSR count). The number of rotatable bonds is 5. The van der Waals surface area contributed by atoms with Crippen molar-refractivity contribution in [2.24, 2.45) is 0 Å². The van der Waals surface area contributed by atoms with Crippen molar-refractivity contribution in [3.05, 3.63) is 30.1 Å². The van der Waals surface area contributed by atoms with Crippen molar-refractivity contribution in [1.29, 1.82) is 0 Å². The van der Waals surface area contributed by atoms with Gasteiger partial charge in [-0.3, -0.25) is 0 Å². The van der Waals surface area contributed by atoms with E-state index in [0.717, 1.165) is 19.5 Å². The number of hydrogen-bond donors (Lipinski definition) is 3. The molecule has 0 saturated heterocycles. The molecule has 0 aliphatic carbocycles. The van der Waals surface area contributed by atoms with Gasteiger partial charge in [0.15, 0.2) is 5.11 Å². The van der Waals surface area contributed by atoms with Crippen LogP contribution in [0, 0.1) is 5.82 Å². The molecular formula is C12H19FN3S+. The summed E-state index contributed by atoms with van der Waals surface area (Å²) in [5.41, 5.74) is 0.667. The second-order valence-corrected chi connectivity index (χ2v) is 4.61. The maximum absolute atomic E-state index is 12.9. The third-order valence-corrected chi connectivity index (χ3v) is 2.47. The Balaban J connectivity index is 2.25. The summed E-state index contributed by atoms with van der Waals surface area (Å²) in [4.78, 5) is 1.41. The average Bonchev–Trinajstić information content (AvgIpc) is 2.24. The van der Waals surface area contributed by atoms with Gasteiger partial charge in [0.05, 0.1) is 20.6 Å². The van der Waals surface area contributed by atoms with E-state index in [1.807, 2.05) is 0 Å². The van der Waals surface area contributed by atoms with Crippen LogP contribution in [-0.4, -0.2) is 32.3 Å². The summed E-state index contributed by atoms with van der Waals surface area (Å²) in [5.74, 6) is -0.269. The zero-order valence-corrected chi connectivity index (χ0v) is 11.0. The third-order valence-electron chi connectivity index (χ3n) is 2.22. The van der Waals surface area contributed by atoms with E-state index < -0.39 is 0 Å². The van der Waals surface area contributed by atoms with Crippen molar-refractivity contribution < 1.29 is 9.29 Å². The van der Waals surface area contributed by atoms with Crippen molar-refractivity contribution in [3.63, 3.8) is 0 Å². The normalized spacial score (nSPS) is 10.4. The Labute approximate surface area is 107 Å². The summed E-state index contributed by atoms with van der Waals surface area (Å²) in [6.45, 7) is 1.92. The van der Waals surface area contributed by atoms with E-state index in [4.69, 9.17) is 12.2 Å². The van der Waals surface area contributed by atoms with Crippen molar-refractivity contribution >= 4 is 23.0 Å². The molecule has 0 spiro atoms. The number of benzene rings is 1. The Hall–Kier alpha value is -1.20. The molecule has 0 aliphatic rings. The minimum Gasteiger partial charge on any atom is -0.362 e. The van der Waals surface area contributed by atoms with Crippen LogP contribution in [0.3, 0.4) is 0 Å². The third kappa shape index (κ3) is 6.19. The van der Waals surface area contributed by atoms with E-state index >= 15 is 0 Å². The molecule has 5 heteroatoms. The van der Waals surface area contributed by atoms with Gasteiger partial charge < -0.3 is 15.5 Å². The Morgan fingerprint density at radius 3 is 2.82 bits per heavy atom. The second-order valence-electron chi connectivity index (χ2n) is 4.20. The second kappa shape index (κ2) is 7.19. The maximum Gasteiger partial charge on any atom is 0.170 e. The van der Waals surface area contributed by atoms with E-state index in [1.165, 1.54) is 17.0 Å². The van der Waals surface area contributed by atoms with Crippen LogP contribution < -0.4 is 15.5 Å². The van der Waals surface area contributed by atoms with Crippen LogP contribution in [0.2, 0.25) is 0 Å². The molecule has 0 unspecified atom stereocenters. The predicted molar refractivity (Wildman–Crippen MR) is 72.9 cm³/mol. The summed E-state index contributed by atoms with van der Waals surface area (Å²) in [6.07, 6.45) is 1.05. The lowest BCUT2D eigenvalue weighted by atomic mass is 10.3. The van der Waals surface area contributed by atoms with Crippen LogP contribution in [0.1, 0.15) is 6.42 Å². The zero-order valence-electron chi connectivity index (χ0n) is 10.2. The molecule has 0 amide bonds. The highest BCUT2D eigenvalue weighted by molar-refractivity contribution is 7.80. The average molecular weight is 256 g/mol. The van der Waals surface area contributed by atoms with Crippen molar-refractivity contribution in [2.45, 2.75) is 6.42 Å². The van der Waals surface area contributed by atoms with Crippen LogP contribution in [0.15, 0.2) is 24.3 Å². The SMILES string of the molecule is C[NH+](C)CCCNC(=S)Nc1cccc(F)c1. The van der Waals surface area contributed by atoms with Crippen LogP contribution >= 0.6 is 12.2 Å². The van der Waals surface area contributed by atoms with Gasteiger partial charge in [0.2, 0.25) is 0 Å². The molecule has 0 radical (unpaired) electrons. The van der Waals surface area contributed by atoms with Gasteiger partial charge in [-0.15, -0.1) is 0 Å². The van der Waals surface area contributed by atoms with Crippen LogP contribution in [0.5, 0.6) is 0 Å². The number of hydrogen-bond acceptors (Lipinski definition) is 1. The minimum absolute atomic E-state index is 0.269. The molecule has 0 aliphatic heterocycles. The predicted octanol–water partition coefficient (Wildman–Crippen LogP) is 0.647. The van der Waals surface area contributed by atoms with Crippen LogP contribution in [0.4, 0.5) is 10.1 Å². The Kier molecular flexibility index (Phi) is 5.86. The molecule has 0 fully saturated rings. The van der Waals surface area contributed by atoms with Crippen molar-refractivity contribution in [2.75, 3.05) is 32.5 Å². The highest BCUT2D eigenvalue weighted by atomic mass is 32.1. The molecule has 17 heavy (non-hydrogen) atoms. The van der Waals surface area contributed by atoms with Crippen molar-refractivity contribution in [3.8, 4) is 0 Å². The van der Waals surface area contributed by atoms with Gasteiger partial charge in [-0.2, -0.15) is 0 Å². The number of nitrogens with one attached hydrogen (secondary N) is 3. The van der Waals surface area contributed by atoms with Gasteiger partial charge in [-0.05, 0) is 30.4 Å². The smallest absolute Gasteiger partial charge is 0.170 e. The van der Waals surface area contributed by atoms with Gasteiger partial charge in [-0.25, -0.2) is 4.39 Å². The lowest BCUT2D eigenvalue weighted by Crippen LogP contribution is -3.05. The van der Waals surface area contributed by atoms with Gasteiger partial charge in [0.1, 0.15) is 5.82 Å². The summed E-state index contributed by atoms with van der Waals surface area (Å²) >= 11 is 5.11. The lowest BCUT2D eigenvalue weighted by Gasteiger charge is -2.11. The number of halogens is 1. The molecular weight excluding hydrogens is 237 g/mol. The van der Waals surface area contributed by atoms with E-state index in [2.05, 4.69) is 24.7 Å². The summed E-state index contributed by atoms with van der Waals surface area (Å²) in [7, 11) is 4.23. The molecule has 0 saturated carbocycles. The molecule has 3 nitrogen and oxygen atoms in total. The molecule has 1 aromatic carbocycles. The first-order chi connectivity index (χ1) is 8.08. The Bertz CT molecular complexity index is 369. The molecule has 94 valence electrons. The van der Waals surface area contributed by atoms with E-state index in [9.17, 15) is 4.39 Å². The standard InChI is InChI=1S/C12H18FN3S/c1-16(2)8-4-7-14-12(17)15-11-6-3-5-10(13)9-11/h3,5-6,9H,4,7-8H2,1-2H3,(H2,14,15,17)/p+1. The first-order valence-corrected chi connectivity index (χ1v) is 6.08. The Morgan fingerprint density at radius 2 is 2.18 bits per heavy atom. The van der Waals surface area contributed by atoms with E-state index in [-0.39, 0.29) is 5.82 Å². The van der Waals surface area contributed by atoms with Crippen LogP contribution in [0.25, 0.3) is 0 Å². The molecule has 0 bridgehead atoms. The molecule has 0 atom stereocenters. The molecule has 0 heterocycles. The molecule has 0 aromatic heterocycles. The topological polar surface area (TPSA) is 28.5 Å². The molecule has 3 N–H and O–H groups in total. The fourth-order valence-electron chi connectivity index (χ4n) is 1.39. The first-order valence-electron chi connectivity index (χ1n) is 5.67. The van der Waals surface area contributed by atoms with Gasteiger partial charge >= 0.3 is 0 Å². The Morgan fingerprint density at radius 1 is 1.41 bits per heavy atom. The largest absolute Gasteiger partial charge is 0.362 e. The number of anilines is 1. The number of thiocarbonyl (C=S) groups is 1. The maximum atomic E-state index is 12.9. The monoisotopic (exact) mass is 256 g/mol. The van der Waals surface area contributed by atoms with Gasteiger partial charge in [-0.1, -0.05) is 6.07 Å². The fourth-order valence-corrected chi connectivity index (χ4v) is 1.61. The first kappa shape index (κ1) is 13.9. The fraction of sp³-hybridized carbons (Fsp3) is 0.417. The quantitative estimate of drug-likeness (QED) is 0.533. The minimum atomic E-state index is -0.269. The highest BCUT2D eigenvalue weighted by Crippen LogP contribution is 2.08. The highest BCUT2D eigenvalue weighted by Gasteiger charge is 1.99. The lowest BCUT2D eigenvalue weighted by molar-refractivity contribution is -0.858. The molecule has 1 aromatic rings.